The van der Waals surface area contributed by atoms with Crippen LogP contribution in [0.4, 0.5) is 0 Å². The van der Waals surface area contributed by atoms with E-state index >= 15 is 0 Å². The Morgan fingerprint density at radius 3 is 2.62 bits per heavy atom. The minimum Gasteiger partial charge on any atom is -0.461 e. The molecule has 0 saturated heterocycles. The van der Waals surface area contributed by atoms with E-state index in [1.807, 2.05) is 6.92 Å². The molecule has 0 radical (unpaired) electrons. The van der Waals surface area contributed by atoms with Crippen LogP contribution in [0.15, 0.2) is 47.0 Å². The number of hydrogen-bond donors (Lipinski definition) is 0. The third kappa shape index (κ3) is 2.94. The van der Waals surface area contributed by atoms with E-state index in [2.05, 4.69) is 81.4 Å². The molecule has 1 aromatic heterocycles. The SMILES string of the molecule is Cc1cc(C2c3ccc(CC(C)C)cc3C=CN2C)c2oc(C)cc2c1. The first-order chi connectivity index (χ1) is 12.4. The van der Waals surface area contributed by atoms with Crippen LogP contribution >= 0.6 is 0 Å². The van der Waals surface area contributed by atoms with Crippen molar-refractivity contribution >= 4 is 17.0 Å². The number of aryl methyl sites for hydroxylation is 2. The number of fused-ring (bicyclic) bond motifs is 2. The lowest BCUT2D eigenvalue weighted by Crippen LogP contribution is -2.24. The van der Waals surface area contributed by atoms with E-state index in [1.165, 1.54) is 33.2 Å². The Bertz CT molecular complexity index is 993. The van der Waals surface area contributed by atoms with Crippen molar-refractivity contribution in [2.75, 3.05) is 7.05 Å². The third-order valence-electron chi connectivity index (χ3n) is 5.19. The molecular formula is C24H27NO. The molecule has 134 valence electrons. The van der Waals surface area contributed by atoms with Gasteiger partial charge in [-0.1, -0.05) is 32.0 Å². The first-order valence-electron chi connectivity index (χ1n) is 9.46. The van der Waals surface area contributed by atoms with Gasteiger partial charge in [-0.05, 0) is 72.7 Å². The third-order valence-corrected chi connectivity index (χ3v) is 5.19. The van der Waals surface area contributed by atoms with Gasteiger partial charge in [0.15, 0.2) is 0 Å². The van der Waals surface area contributed by atoms with Crippen LogP contribution in [-0.4, -0.2) is 11.9 Å². The summed E-state index contributed by atoms with van der Waals surface area (Å²) in [7, 11) is 2.15. The molecule has 2 heterocycles. The summed E-state index contributed by atoms with van der Waals surface area (Å²) in [4.78, 5) is 2.29. The predicted molar refractivity (Wildman–Crippen MR) is 109 cm³/mol. The smallest absolute Gasteiger partial charge is 0.139 e. The van der Waals surface area contributed by atoms with Crippen LogP contribution in [0.1, 0.15) is 53.5 Å². The Balaban J connectivity index is 1.87. The van der Waals surface area contributed by atoms with Crippen LogP contribution < -0.4 is 0 Å². The van der Waals surface area contributed by atoms with Gasteiger partial charge >= 0.3 is 0 Å². The molecular weight excluding hydrogens is 318 g/mol. The lowest BCUT2D eigenvalue weighted by atomic mass is 9.87. The molecule has 0 saturated carbocycles. The molecule has 1 atom stereocenters. The van der Waals surface area contributed by atoms with Gasteiger partial charge in [0.25, 0.3) is 0 Å². The molecule has 1 aliphatic heterocycles. The molecule has 2 heteroatoms. The molecule has 4 rings (SSSR count). The maximum Gasteiger partial charge on any atom is 0.139 e. The van der Waals surface area contributed by atoms with Crippen molar-refractivity contribution in [1.82, 2.24) is 4.90 Å². The second-order valence-corrected chi connectivity index (χ2v) is 8.07. The summed E-state index contributed by atoms with van der Waals surface area (Å²) >= 11 is 0. The van der Waals surface area contributed by atoms with Gasteiger partial charge in [-0.15, -0.1) is 0 Å². The van der Waals surface area contributed by atoms with Crippen LogP contribution in [0.3, 0.4) is 0 Å². The monoisotopic (exact) mass is 345 g/mol. The number of rotatable bonds is 3. The molecule has 0 fully saturated rings. The van der Waals surface area contributed by atoms with Crippen molar-refractivity contribution in [1.29, 1.82) is 0 Å². The zero-order chi connectivity index (χ0) is 18.4. The fraction of sp³-hybridized carbons (Fsp3) is 0.333. The van der Waals surface area contributed by atoms with Gasteiger partial charge in [0.05, 0.1) is 6.04 Å². The maximum atomic E-state index is 6.10. The molecule has 0 spiro atoms. The average Bonchev–Trinajstić information content (AvgIpc) is 2.94. The van der Waals surface area contributed by atoms with E-state index in [9.17, 15) is 0 Å². The molecule has 3 aromatic rings. The number of nitrogens with zero attached hydrogens (tertiary/aromatic N) is 1. The van der Waals surface area contributed by atoms with Crippen LogP contribution in [-0.2, 0) is 6.42 Å². The highest BCUT2D eigenvalue weighted by atomic mass is 16.3. The summed E-state index contributed by atoms with van der Waals surface area (Å²) in [5, 5.41) is 1.19. The molecule has 26 heavy (non-hydrogen) atoms. The van der Waals surface area contributed by atoms with E-state index in [0.29, 0.717) is 5.92 Å². The summed E-state index contributed by atoms with van der Waals surface area (Å²) < 4.78 is 6.10. The second kappa shape index (κ2) is 6.35. The molecule has 0 N–H and O–H groups in total. The van der Waals surface area contributed by atoms with E-state index in [-0.39, 0.29) is 6.04 Å². The van der Waals surface area contributed by atoms with Crippen LogP contribution in [0.5, 0.6) is 0 Å². The Morgan fingerprint density at radius 1 is 1.04 bits per heavy atom. The summed E-state index contributed by atoms with van der Waals surface area (Å²) in [6, 6.07) is 13.7. The van der Waals surface area contributed by atoms with Crippen LogP contribution in [0.2, 0.25) is 0 Å². The van der Waals surface area contributed by atoms with Crippen LogP contribution in [0.25, 0.3) is 17.0 Å². The lowest BCUT2D eigenvalue weighted by Gasteiger charge is -2.33. The summed E-state index contributed by atoms with van der Waals surface area (Å²) in [6.45, 7) is 8.73. The van der Waals surface area contributed by atoms with Crippen molar-refractivity contribution in [3.8, 4) is 0 Å². The Kier molecular flexibility index (Phi) is 4.14. The highest BCUT2D eigenvalue weighted by Gasteiger charge is 2.26. The van der Waals surface area contributed by atoms with Gasteiger partial charge in [0.2, 0.25) is 0 Å². The van der Waals surface area contributed by atoms with Crippen LogP contribution in [0, 0.1) is 19.8 Å². The topological polar surface area (TPSA) is 16.4 Å². The predicted octanol–water partition coefficient (Wildman–Crippen LogP) is 6.25. The van der Waals surface area contributed by atoms with Crippen molar-refractivity contribution < 1.29 is 4.42 Å². The quantitative estimate of drug-likeness (QED) is 0.557. The minimum atomic E-state index is 0.177. The summed E-state index contributed by atoms with van der Waals surface area (Å²) in [5.74, 6) is 1.63. The Labute approximate surface area is 156 Å². The first kappa shape index (κ1) is 17.0. The normalized spacial score (nSPS) is 16.5. The molecule has 1 aliphatic rings. The van der Waals surface area contributed by atoms with Gasteiger partial charge in [-0.3, -0.25) is 0 Å². The van der Waals surface area contributed by atoms with Gasteiger partial charge in [0, 0.05) is 24.2 Å². The van der Waals surface area contributed by atoms with E-state index < -0.39 is 0 Å². The first-order valence-corrected chi connectivity index (χ1v) is 9.46. The molecule has 0 bridgehead atoms. The van der Waals surface area contributed by atoms with Gasteiger partial charge in [-0.2, -0.15) is 0 Å². The minimum absolute atomic E-state index is 0.177. The highest BCUT2D eigenvalue weighted by molar-refractivity contribution is 5.83. The van der Waals surface area contributed by atoms with E-state index in [1.54, 1.807) is 0 Å². The molecule has 0 amide bonds. The largest absolute Gasteiger partial charge is 0.461 e. The van der Waals surface area contributed by atoms with Gasteiger partial charge in [0.1, 0.15) is 11.3 Å². The standard InChI is InChI=1S/C24H27NO/c1-15(2)10-18-6-7-21-19(14-18)8-9-25(5)23(21)22-12-16(3)11-20-13-17(4)26-24(20)22/h6-9,11-15,23H,10H2,1-5H3. The maximum absolute atomic E-state index is 6.10. The Morgan fingerprint density at radius 2 is 1.85 bits per heavy atom. The zero-order valence-corrected chi connectivity index (χ0v) is 16.3. The van der Waals surface area contributed by atoms with E-state index in [0.717, 1.165) is 17.8 Å². The fourth-order valence-corrected chi connectivity index (χ4v) is 4.17. The number of benzene rings is 2. The molecule has 0 aliphatic carbocycles. The van der Waals surface area contributed by atoms with Crippen molar-refractivity contribution in [2.24, 2.45) is 5.92 Å². The summed E-state index contributed by atoms with van der Waals surface area (Å²) in [6.07, 6.45) is 5.54. The van der Waals surface area contributed by atoms with Crippen molar-refractivity contribution in [3.05, 3.63) is 76.2 Å². The average molecular weight is 345 g/mol. The number of hydrogen-bond acceptors (Lipinski definition) is 2. The second-order valence-electron chi connectivity index (χ2n) is 8.07. The highest BCUT2D eigenvalue weighted by Crippen LogP contribution is 2.39. The fourth-order valence-electron chi connectivity index (χ4n) is 4.17. The Hall–Kier alpha value is -2.48. The van der Waals surface area contributed by atoms with E-state index in [4.69, 9.17) is 4.42 Å². The van der Waals surface area contributed by atoms with Crippen molar-refractivity contribution in [3.63, 3.8) is 0 Å². The number of furan rings is 1. The molecule has 1 unspecified atom stereocenters. The van der Waals surface area contributed by atoms with Gasteiger partial charge < -0.3 is 9.32 Å². The van der Waals surface area contributed by atoms with Gasteiger partial charge in [-0.25, -0.2) is 0 Å². The molecule has 2 aromatic carbocycles. The zero-order valence-electron chi connectivity index (χ0n) is 16.3. The van der Waals surface area contributed by atoms with Crippen molar-refractivity contribution in [2.45, 2.75) is 40.2 Å². The lowest BCUT2D eigenvalue weighted by molar-refractivity contribution is 0.379. The summed E-state index contributed by atoms with van der Waals surface area (Å²) in [5.41, 5.74) is 7.62. The molecule has 2 nitrogen and oxygen atoms in total.